The molecule has 118 valence electrons. The molecule has 0 aliphatic carbocycles. The monoisotopic (exact) mass is 357 g/mol. The molecule has 0 aliphatic heterocycles. The fraction of sp³-hybridized carbons (Fsp3) is 0.562. The lowest BCUT2D eigenvalue weighted by Gasteiger charge is -2.17. The van der Waals surface area contributed by atoms with Crippen molar-refractivity contribution in [2.24, 2.45) is 0 Å². The molecule has 0 aromatic heterocycles. The molecule has 0 aliphatic rings. The fourth-order valence-electron chi connectivity index (χ4n) is 1.88. The lowest BCUT2D eigenvalue weighted by atomic mass is 10.1. The first-order valence-corrected chi connectivity index (χ1v) is 7.93. The number of aryl methyl sites for hydroxylation is 1. The maximum atomic E-state index is 11.6. The zero-order valence-electron chi connectivity index (χ0n) is 13.3. The van der Waals surface area contributed by atoms with Gasteiger partial charge < -0.3 is 14.8 Å². The van der Waals surface area contributed by atoms with Gasteiger partial charge in [-0.25, -0.2) is 4.79 Å². The van der Waals surface area contributed by atoms with Gasteiger partial charge in [-0.1, -0.05) is 29.8 Å². The van der Waals surface area contributed by atoms with Crippen LogP contribution in [-0.2, 0) is 16.1 Å². The van der Waals surface area contributed by atoms with Gasteiger partial charge in [0, 0.05) is 22.6 Å². The Bertz CT molecular complexity index is 487. The Hall–Kier alpha value is -1.07. The predicted octanol–water partition coefficient (Wildman–Crippen LogP) is 3.59. The molecule has 21 heavy (non-hydrogen) atoms. The van der Waals surface area contributed by atoms with Crippen LogP contribution in [0.25, 0.3) is 0 Å². The first-order valence-electron chi connectivity index (χ1n) is 7.14. The molecule has 1 rings (SSSR count). The molecule has 1 N–H and O–H groups in total. The van der Waals surface area contributed by atoms with Crippen LogP contribution >= 0.6 is 15.9 Å². The number of benzene rings is 1. The van der Waals surface area contributed by atoms with Crippen LogP contribution in [0.4, 0.5) is 0 Å². The fourth-order valence-corrected chi connectivity index (χ4v) is 2.50. The topological polar surface area (TPSA) is 47.6 Å². The molecule has 5 heteroatoms. The van der Waals surface area contributed by atoms with Gasteiger partial charge in [-0.15, -0.1) is 0 Å². The minimum Gasteiger partial charge on any atom is -0.481 e. The summed E-state index contributed by atoms with van der Waals surface area (Å²) < 4.78 is 11.8. The third-order valence-electron chi connectivity index (χ3n) is 2.72. The molecule has 0 unspecified atom stereocenters. The predicted molar refractivity (Wildman–Crippen MR) is 87.6 cm³/mol. The van der Waals surface area contributed by atoms with E-state index in [-0.39, 0.29) is 18.7 Å². The van der Waals surface area contributed by atoms with Crippen LogP contribution in [0.3, 0.4) is 0 Å². The molecule has 0 saturated carbocycles. The van der Waals surface area contributed by atoms with E-state index in [9.17, 15) is 4.79 Å². The highest BCUT2D eigenvalue weighted by molar-refractivity contribution is 9.10. The summed E-state index contributed by atoms with van der Waals surface area (Å²) in [5.74, 6) is 0.391. The van der Waals surface area contributed by atoms with Crippen molar-refractivity contribution in [3.05, 3.63) is 27.7 Å². The van der Waals surface area contributed by atoms with Crippen LogP contribution in [0.5, 0.6) is 5.75 Å². The number of ether oxygens (including phenoxy) is 2. The Morgan fingerprint density at radius 3 is 2.52 bits per heavy atom. The summed E-state index contributed by atoms with van der Waals surface area (Å²) >= 11 is 3.49. The van der Waals surface area contributed by atoms with Crippen molar-refractivity contribution in [1.82, 2.24) is 5.32 Å². The van der Waals surface area contributed by atoms with E-state index < -0.39 is 0 Å². The van der Waals surface area contributed by atoms with Crippen LogP contribution in [0, 0.1) is 6.92 Å². The summed E-state index contributed by atoms with van der Waals surface area (Å²) in [6, 6.07) is 4.36. The van der Waals surface area contributed by atoms with E-state index >= 15 is 0 Å². The van der Waals surface area contributed by atoms with E-state index in [2.05, 4.69) is 35.1 Å². The quantitative estimate of drug-likeness (QED) is 0.757. The zero-order chi connectivity index (χ0) is 16.0. The van der Waals surface area contributed by atoms with Crippen molar-refractivity contribution >= 4 is 21.9 Å². The van der Waals surface area contributed by atoms with Gasteiger partial charge in [-0.05, 0) is 38.5 Å². The summed E-state index contributed by atoms with van der Waals surface area (Å²) in [5, 5.41) is 3.36. The Balaban J connectivity index is 2.81. The number of hydrogen-bond donors (Lipinski definition) is 1. The number of rotatable bonds is 7. The minimum atomic E-state index is -0.352. The van der Waals surface area contributed by atoms with Gasteiger partial charge in [0.05, 0.1) is 6.10 Å². The van der Waals surface area contributed by atoms with Crippen molar-refractivity contribution in [2.45, 2.75) is 53.3 Å². The van der Waals surface area contributed by atoms with Crippen LogP contribution in [0.15, 0.2) is 16.6 Å². The largest absolute Gasteiger partial charge is 0.481 e. The summed E-state index contributed by atoms with van der Waals surface area (Å²) in [6.07, 6.45) is -0.130. The van der Waals surface area contributed by atoms with Gasteiger partial charge in [0.2, 0.25) is 0 Å². The molecular weight excluding hydrogens is 334 g/mol. The van der Waals surface area contributed by atoms with Crippen LogP contribution in [-0.4, -0.2) is 24.7 Å². The SMILES string of the molecule is Cc1cc(Br)cc(CNC(C)C)c1OCC(=O)OC(C)C. The Labute approximate surface area is 135 Å². The van der Waals surface area contributed by atoms with E-state index in [1.165, 1.54) is 0 Å². The van der Waals surface area contributed by atoms with Gasteiger partial charge >= 0.3 is 5.97 Å². The normalized spacial score (nSPS) is 11.0. The highest BCUT2D eigenvalue weighted by atomic mass is 79.9. The van der Waals surface area contributed by atoms with Crippen molar-refractivity contribution in [3.8, 4) is 5.75 Å². The molecule has 0 bridgehead atoms. The lowest BCUT2D eigenvalue weighted by Crippen LogP contribution is -2.23. The van der Waals surface area contributed by atoms with Crippen molar-refractivity contribution in [3.63, 3.8) is 0 Å². The molecule has 4 nitrogen and oxygen atoms in total. The maximum Gasteiger partial charge on any atom is 0.344 e. The third-order valence-corrected chi connectivity index (χ3v) is 3.18. The summed E-state index contributed by atoms with van der Waals surface area (Å²) in [6.45, 7) is 10.4. The second-order valence-electron chi connectivity index (χ2n) is 5.57. The van der Waals surface area contributed by atoms with Gasteiger partial charge in [0.1, 0.15) is 5.75 Å². The summed E-state index contributed by atoms with van der Waals surface area (Å²) in [7, 11) is 0. The first-order chi connectivity index (χ1) is 9.79. The number of nitrogens with one attached hydrogen (secondary N) is 1. The molecule has 0 saturated heterocycles. The molecule has 0 heterocycles. The molecule has 0 atom stereocenters. The number of hydrogen-bond acceptors (Lipinski definition) is 4. The molecule has 0 radical (unpaired) electrons. The first kappa shape index (κ1) is 18.0. The minimum absolute atomic E-state index is 0.0741. The number of esters is 1. The molecule has 0 fully saturated rings. The second-order valence-corrected chi connectivity index (χ2v) is 6.49. The molecule has 1 aromatic rings. The average Bonchev–Trinajstić information content (AvgIpc) is 2.33. The Morgan fingerprint density at radius 2 is 1.95 bits per heavy atom. The van der Waals surface area contributed by atoms with Crippen LogP contribution in [0.2, 0.25) is 0 Å². The standard InChI is InChI=1S/C16H24BrNO3/c1-10(2)18-8-13-7-14(17)6-12(5)16(13)20-9-15(19)21-11(3)4/h6-7,10-11,18H,8-9H2,1-5H3. The highest BCUT2D eigenvalue weighted by Crippen LogP contribution is 2.28. The third kappa shape index (κ3) is 6.48. The zero-order valence-corrected chi connectivity index (χ0v) is 14.9. The van der Waals surface area contributed by atoms with Crippen LogP contribution < -0.4 is 10.1 Å². The smallest absolute Gasteiger partial charge is 0.344 e. The summed E-state index contributed by atoms with van der Waals surface area (Å²) in [4.78, 5) is 11.6. The molecule has 1 aromatic carbocycles. The molecule has 0 amide bonds. The van der Waals surface area contributed by atoms with E-state index in [0.717, 1.165) is 21.3 Å². The van der Waals surface area contributed by atoms with Gasteiger partial charge in [0.25, 0.3) is 0 Å². The maximum absolute atomic E-state index is 11.6. The Kier molecular flexibility index (Phi) is 7.18. The lowest BCUT2D eigenvalue weighted by molar-refractivity contribution is -0.149. The van der Waals surface area contributed by atoms with Gasteiger partial charge in [-0.2, -0.15) is 0 Å². The van der Waals surface area contributed by atoms with E-state index in [1.807, 2.05) is 32.9 Å². The number of halogens is 1. The van der Waals surface area contributed by atoms with E-state index in [0.29, 0.717) is 12.6 Å². The second kappa shape index (κ2) is 8.39. The average molecular weight is 358 g/mol. The highest BCUT2D eigenvalue weighted by Gasteiger charge is 2.13. The van der Waals surface area contributed by atoms with Crippen LogP contribution in [0.1, 0.15) is 38.8 Å². The van der Waals surface area contributed by atoms with Crippen molar-refractivity contribution in [1.29, 1.82) is 0 Å². The Morgan fingerprint density at radius 1 is 1.29 bits per heavy atom. The molecule has 0 spiro atoms. The van der Waals surface area contributed by atoms with Gasteiger partial charge in [0.15, 0.2) is 6.61 Å². The van der Waals surface area contributed by atoms with E-state index in [1.54, 1.807) is 0 Å². The number of carbonyl (C=O) groups excluding carboxylic acids is 1. The number of carbonyl (C=O) groups is 1. The van der Waals surface area contributed by atoms with E-state index in [4.69, 9.17) is 9.47 Å². The molecular formula is C16H24BrNO3. The van der Waals surface area contributed by atoms with Crippen molar-refractivity contribution < 1.29 is 14.3 Å². The van der Waals surface area contributed by atoms with Gasteiger partial charge in [-0.3, -0.25) is 0 Å². The summed E-state index contributed by atoms with van der Waals surface area (Å²) in [5.41, 5.74) is 2.01. The van der Waals surface area contributed by atoms with Crippen molar-refractivity contribution in [2.75, 3.05) is 6.61 Å².